The van der Waals surface area contributed by atoms with E-state index in [4.69, 9.17) is 21.4 Å². The van der Waals surface area contributed by atoms with Gasteiger partial charge in [-0.3, -0.25) is 4.79 Å². The number of hydrogen-bond donors (Lipinski definition) is 1. The second kappa shape index (κ2) is 8.48. The number of nitrogens with zero attached hydrogens (tertiary/aromatic N) is 1. The van der Waals surface area contributed by atoms with Gasteiger partial charge in [-0.05, 0) is 36.4 Å². The molecule has 4 nitrogen and oxygen atoms in total. The molecule has 1 heterocycles. The second-order valence-corrected chi connectivity index (χ2v) is 6.44. The van der Waals surface area contributed by atoms with Crippen molar-refractivity contribution in [2.75, 3.05) is 0 Å². The van der Waals surface area contributed by atoms with E-state index in [2.05, 4.69) is 4.98 Å². The Hall–Kier alpha value is -3.13. The molecule has 0 radical (unpaired) electrons. The molecular weight excluding hydrogens is 414 g/mol. The number of pyridine rings is 1. The van der Waals surface area contributed by atoms with E-state index < -0.39 is 41.5 Å². The Morgan fingerprint density at radius 3 is 2.34 bits per heavy atom. The monoisotopic (exact) mass is 425 g/mol. The molecule has 0 fully saturated rings. The minimum Gasteiger partial charge on any atom is -0.481 e. The van der Waals surface area contributed by atoms with Crippen molar-refractivity contribution in [1.82, 2.24) is 4.98 Å². The molecule has 3 rings (SSSR count). The lowest BCUT2D eigenvalue weighted by atomic mass is 10.0. The lowest BCUT2D eigenvalue weighted by Crippen LogP contribution is -2.05. The highest BCUT2D eigenvalue weighted by Gasteiger charge is 2.17. The van der Waals surface area contributed by atoms with Crippen molar-refractivity contribution in [2.45, 2.75) is 13.0 Å². The topological polar surface area (TPSA) is 59.4 Å². The molecule has 0 bridgehead atoms. The summed E-state index contributed by atoms with van der Waals surface area (Å²) < 4.78 is 61.4. The quantitative estimate of drug-likeness (QED) is 0.554. The van der Waals surface area contributed by atoms with Crippen LogP contribution in [-0.2, 0) is 17.8 Å². The molecule has 29 heavy (non-hydrogen) atoms. The maximum absolute atomic E-state index is 14.3. The van der Waals surface area contributed by atoms with Crippen molar-refractivity contribution >= 4 is 17.6 Å². The zero-order valence-electron chi connectivity index (χ0n) is 14.6. The van der Waals surface area contributed by atoms with E-state index >= 15 is 0 Å². The highest BCUT2D eigenvalue weighted by atomic mass is 35.5. The summed E-state index contributed by atoms with van der Waals surface area (Å²) in [5, 5.41) is 8.91. The number of benzene rings is 2. The van der Waals surface area contributed by atoms with E-state index in [9.17, 15) is 22.4 Å². The summed E-state index contributed by atoms with van der Waals surface area (Å²) >= 11 is 5.66. The molecule has 3 aromatic rings. The number of rotatable bonds is 6. The maximum Gasteiger partial charge on any atom is 0.307 e. The molecule has 150 valence electrons. The number of aliphatic carboxylic acids is 1. The van der Waals surface area contributed by atoms with Crippen LogP contribution in [0.5, 0.6) is 5.88 Å². The molecule has 2 aromatic carbocycles. The number of carboxylic acid groups (broad SMARTS) is 1. The lowest BCUT2D eigenvalue weighted by Gasteiger charge is -2.11. The zero-order valence-corrected chi connectivity index (χ0v) is 15.3. The largest absolute Gasteiger partial charge is 0.481 e. The molecule has 9 heteroatoms. The first-order valence-electron chi connectivity index (χ1n) is 8.18. The fourth-order valence-corrected chi connectivity index (χ4v) is 2.70. The van der Waals surface area contributed by atoms with Gasteiger partial charge in [0.2, 0.25) is 0 Å². The van der Waals surface area contributed by atoms with Crippen LogP contribution in [0.1, 0.15) is 11.1 Å². The SMILES string of the molecule is O=C(O)Cc1cc(F)c(-c2ccc(F)c(OCc3ccc(Cl)cc3F)n2)cc1F. The fourth-order valence-electron chi connectivity index (χ4n) is 2.54. The van der Waals surface area contributed by atoms with E-state index in [1.165, 1.54) is 12.1 Å². The van der Waals surface area contributed by atoms with Gasteiger partial charge in [0.15, 0.2) is 5.82 Å². The molecule has 0 saturated carbocycles. The summed E-state index contributed by atoms with van der Waals surface area (Å²) in [5.74, 6) is -5.27. The van der Waals surface area contributed by atoms with Gasteiger partial charge in [0, 0.05) is 21.7 Å². The van der Waals surface area contributed by atoms with Crippen molar-refractivity contribution in [3.8, 4) is 17.1 Å². The van der Waals surface area contributed by atoms with Crippen LogP contribution in [0.15, 0.2) is 42.5 Å². The standard InChI is InChI=1S/C20H12ClF4NO3/c21-12-2-1-10(15(23)7-12)9-29-20-14(22)3-4-18(26-20)13-8-16(24)11(5-17(13)25)6-19(27)28/h1-5,7-8H,6,9H2,(H,27,28). The Morgan fingerprint density at radius 1 is 0.931 bits per heavy atom. The predicted octanol–water partition coefficient (Wildman–Crippen LogP) is 5.16. The lowest BCUT2D eigenvalue weighted by molar-refractivity contribution is -0.136. The van der Waals surface area contributed by atoms with Crippen molar-refractivity contribution < 1.29 is 32.2 Å². The molecule has 0 spiro atoms. The predicted molar refractivity (Wildman–Crippen MR) is 96.6 cm³/mol. The van der Waals surface area contributed by atoms with E-state index in [-0.39, 0.29) is 34.0 Å². The van der Waals surface area contributed by atoms with Crippen LogP contribution in [0.4, 0.5) is 17.6 Å². The first-order chi connectivity index (χ1) is 13.7. The first kappa shape index (κ1) is 20.6. The van der Waals surface area contributed by atoms with Crippen molar-refractivity contribution in [3.05, 3.63) is 81.9 Å². The Bertz CT molecular complexity index is 1090. The molecule has 0 amide bonds. The summed E-state index contributed by atoms with van der Waals surface area (Å²) in [5.41, 5.74) is -0.692. The number of halogens is 5. The van der Waals surface area contributed by atoms with Gasteiger partial charge in [0.25, 0.3) is 5.88 Å². The van der Waals surface area contributed by atoms with E-state index in [0.29, 0.717) is 0 Å². The third kappa shape index (κ3) is 4.83. The smallest absolute Gasteiger partial charge is 0.307 e. The number of carboxylic acids is 1. The number of aromatic nitrogens is 1. The van der Waals surface area contributed by atoms with Gasteiger partial charge in [-0.15, -0.1) is 0 Å². The van der Waals surface area contributed by atoms with Crippen LogP contribution in [0.3, 0.4) is 0 Å². The van der Waals surface area contributed by atoms with Gasteiger partial charge in [-0.25, -0.2) is 22.5 Å². The molecule has 0 aliphatic rings. The summed E-state index contributed by atoms with van der Waals surface area (Å²) in [4.78, 5) is 14.5. The van der Waals surface area contributed by atoms with Gasteiger partial charge in [0.1, 0.15) is 24.1 Å². The van der Waals surface area contributed by atoms with Crippen LogP contribution < -0.4 is 4.74 Å². The second-order valence-electron chi connectivity index (χ2n) is 6.00. The minimum atomic E-state index is -1.32. The van der Waals surface area contributed by atoms with Gasteiger partial charge in [-0.1, -0.05) is 17.7 Å². The molecule has 1 N–H and O–H groups in total. The van der Waals surface area contributed by atoms with Crippen LogP contribution in [0, 0.1) is 23.3 Å². The third-order valence-electron chi connectivity index (χ3n) is 3.95. The van der Waals surface area contributed by atoms with Crippen LogP contribution >= 0.6 is 11.6 Å². The van der Waals surface area contributed by atoms with Crippen molar-refractivity contribution in [2.24, 2.45) is 0 Å². The van der Waals surface area contributed by atoms with Gasteiger partial charge >= 0.3 is 5.97 Å². The average molecular weight is 426 g/mol. The maximum atomic E-state index is 14.3. The summed E-state index contributed by atoms with van der Waals surface area (Å²) in [6.45, 7) is -0.370. The molecule has 0 saturated heterocycles. The van der Waals surface area contributed by atoms with Crippen LogP contribution in [-0.4, -0.2) is 16.1 Å². The summed E-state index contributed by atoms with van der Waals surface area (Å²) in [7, 11) is 0. The van der Waals surface area contributed by atoms with E-state index in [1.54, 1.807) is 0 Å². The fraction of sp³-hybridized carbons (Fsp3) is 0.100. The Kier molecular flexibility index (Phi) is 6.03. The zero-order chi connectivity index (χ0) is 21.1. The van der Waals surface area contributed by atoms with Crippen molar-refractivity contribution in [3.63, 3.8) is 0 Å². The highest BCUT2D eigenvalue weighted by Crippen LogP contribution is 2.28. The summed E-state index contributed by atoms with van der Waals surface area (Å²) in [6.07, 6.45) is -0.694. The average Bonchev–Trinajstić information content (AvgIpc) is 2.64. The Morgan fingerprint density at radius 2 is 1.66 bits per heavy atom. The Balaban J connectivity index is 1.89. The number of hydrogen-bond acceptors (Lipinski definition) is 3. The molecule has 0 unspecified atom stereocenters. The minimum absolute atomic E-state index is 0.0938. The summed E-state index contributed by atoms with van der Waals surface area (Å²) in [6, 6.07) is 7.43. The number of ether oxygens (including phenoxy) is 1. The molecule has 0 aliphatic carbocycles. The van der Waals surface area contributed by atoms with Gasteiger partial charge in [0.05, 0.1) is 12.1 Å². The first-order valence-corrected chi connectivity index (χ1v) is 8.55. The van der Waals surface area contributed by atoms with E-state index in [0.717, 1.165) is 30.3 Å². The van der Waals surface area contributed by atoms with Crippen LogP contribution in [0.2, 0.25) is 5.02 Å². The molecule has 0 atom stereocenters. The molecular formula is C20H12ClF4NO3. The molecule has 0 aliphatic heterocycles. The highest BCUT2D eigenvalue weighted by molar-refractivity contribution is 6.30. The molecule has 1 aromatic heterocycles. The Labute approximate surface area is 167 Å². The van der Waals surface area contributed by atoms with Gasteiger partial charge in [-0.2, -0.15) is 0 Å². The van der Waals surface area contributed by atoms with Gasteiger partial charge < -0.3 is 9.84 Å². The normalized spacial score (nSPS) is 10.8. The van der Waals surface area contributed by atoms with Crippen LogP contribution in [0.25, 0.3) is 11.3 Å². The third-order valence-corrected chi connectivity index (χ3v) is 4.18. The van der Waals surface area contributed by atoms with Crippen molar-refractivity contribution in [1.29, 1.82) is 0 Å². The van der Waals surface area contributed by atoms with E-state index in [1.807, 2.05) is 0 Å². The number of carbonyl (C=O) groups is 1.